The third-order valence-corrected chi connectivity index (χ3v) is 1.95. The highest BCUT2D eigenvalue weighted by Gasteiger charge is 2.01. The molecule has 0 aliphatic carbocycles. The summed E-state index contributed by atoms with van der Waals surface area (Å²) in [4.78, 5) is 0. The molecule has 0 amide bonds. The first kappa shape index (κ1) is 9.52. The zero-order valence-corrected chi connectivity index (χ0v) is 7.38. The predicted octanol–water partition coefficient (Wildman–Crippen LogP) is 1.37. The summed E-state index contributed by atoms with van der Waals surface area (Å²) in [5.41, 5.74) is 1.74. The average Bonchev–Trinajstić information content (AvgIpc) is 2.05. The minimum Gasteiger partial charge on any atom is -0.396 e. The van der Waals surface area contributed by atoms with E-state index < -0.39 is 0 Å². The summed E-state index contributed by atoms with van der Waals surface area (Å²) in [7, 11) is 0. The van der Waals surface area contributed by atoms with Crippen LogP contribution in [0.1, 0.15) is 11.1 Å². The van der Waals surface area contributed by atoms with E-state index in [0.717, 1.165) is 11.1 Å². The Morgan fingerprint density at radius 3 is 2.50 bits per heavy atom. The fraction of sp³-hybridized carbons (Fsp3) is 0.333. The second-order valence-electron chi connectivity index (χ2n) is 2.54. The smallest absolute Gasteiger partial charge is 0.0684 e. The van der Waals surface area contributed by atoms with E-state index in [9.17, 15) is 0 Å². The third-order valence-electron chi connectivity index (χ3n) is 1.72. The van der Waals surface area contributed by atoms with E-state index in [-0.39, 0.29) is 13.2 Å². The molecule has 0 saturated heterocycles. The molecular formula is C9H11ClO2. The molecule has 2 nitrogen and oxygen atoms in total. The van der Waals surface area contributed by atoms with Gasteiger partial charge >= 0.3 is 0 Å². The number of halogens is 1. The standard InChI is InChI=1S/C9H11ClO2/c10-9-2-1-8(6-12)7(5-9)3-4-11/h1-2,5,11-12H,3-4,6H2. The van der Waals surface area contributed by atoms with Gasteiger partial charge in [-0.25, -0.2) is 0 Å². The van der Waals surface area contributed by atoms with Crippen molar-refractivity contribution in [3.63, 3.8) is 0 Å². The highest BCUT2D eigenvalue weighted by molar-refractivity contribution is 6.30. The van der Waals surface area contributed by atoms with E-state index in [1.165, 1.54) is 0 Å². The van der Waals surface area contributed by atoms with Crippen LogP contribution < -0.4 is 0 Å². The van der Waals surface area contributed by atoms with Gasteiger partial charge in [0.15, 0.2) is 0 Å². The Hall–Kier alpha value is -0.570. The summed E-state index contributed by atoms with van der Waals surface area (Å²) in [6, 6.07) is 5.27. The van der Waals surface area contributed by atoms with Crippen molar-refractivity contribution in [1.82, 2.24) is 0 Å². The maximum atomic E-state index is 8.91. The van der Waals surface area contributed by atoms with E-state index in [1.807, 2.05) is 0 Å². The number of aliphatic hydroxyl groups is 2. The Morgan fingerprint density at radius 2 is 1.92 bits per heavy atom. The Morgan fingerprint density at radius 1 is 1.17 bits per heavy atom. The molecule has 1 rings (SSSR count). The maximum absolute atomic E-state index is 8.91. The number of hydrogen-bond acceptors (Lipinski definition) is 2. The molecular weight excluding hydrogens is 176 g/mol. The van der Waals surface area contributed by atoms with Crippen LogP contribution in [0.25, 0.3) is 0 Å². The van der Waals surface area contributed by atoms with E-state index in [0.29, 0.717) is 11.4 Å². The van der Waals surface area contributed by atoms with Crippen LogP contribution in [0.4, 0.5) is 0 Å². The van der Waals surface area contributed by atoms with Gasteiger partial charge in [0.2, 0.25) is 0 Å². The average molecular weight is 187 g/mol. The molecule has 0 fully saturated rings. The van der Waals surface area contributed by atoms with Crippen LogP contribution in [0.15, 0.2) is 18.2 Å². The van der Waals surface area contributed by atoms with Crippen molar-refractivity contribution in [2.75, 3.05) is 6.61 Å². The monoisotopic (exact) mass is 186 g/mol. The van der Waals surface area contributed by atoms with Crippen molar-refractivity contribution >= 4 is 11.6 Å². The van der Waals surface area contributed by atoms with Gasteiger partial charge in [-0.2, -0.15) is 0 Å². The van der Waals surface area contributed by atoms with E-state index in [4.69, 9.17) is 21.8 Å². The molecule has 0 aliphatic heterocycles. The second-order valence-corrected chi connectivity index (χ2v) is 2.98. The number of hydrogen-bond donors (Lipinski definition) is 2. The van der Waals surface area contributed by atoms with Crippen molar-refractivity contribution in [2.24, 2.45) is 0 Å². The fourth-order valence-electron chi connectivity index (χ4n) is 1.10. The van der Waals surface area contributed by atoms with Gasteiger partial charge in [0, 0.05) is 11.6 Å². The largest absolute Gasteiger partial charge is 0.396 e. The summed E-state index contributed by atoms with van der Waals surface area (Å²) in [6.07, 6.45) is 0.538. The summed E-state index contributed by atoms with van der Waals surface area (Å²) >= 11 is 5.75. The van der Waals surface area contributed by atoms with E-state index in [1.54, 1.807) is 18.2 Å². The van der Waals surface area contributed by atoms with Crippen molar-refractivity contribution in [2.45, 2.75) is 13.0 Å². The molecule has 1 aromatic carbocycles. The van der Waals surface area contributed by atoms with E-state index >= 15 is 0 Å². The normalized spacial score (nSPS) is 10.2. The topological polar surface area (TPSA) is 40.5 Å². The lowest BCUT2D eigenvalue weighted by Crippen LogP contribution is -1.97. The third kappa shape index (κ3) is 2.21. The van der Waals surface area contributed by atoms with Crippen molar-refractivity contribution in [3.8, 4) is 0 Å². The molecule has 0 atom stereocenters. The molecule has 66 valence electrons. The molecule has 0 aliphatic rings. The van der Waals surface area contributed by atoms with Crippen LogP contribution >= 0.6 is 11.6 Å². The van der Waals surface area contributed by atoms with Gasteiger partial charge in [-0.3, -0.25) is 0 Å². The van der Waals surface area contributed by atoms with Crippen LogP contribution in [0.3, 0.4) is 0 Å². The van der Waals surface area contributed by atoms with Crippen LogP contribution in [-0.2, 0) is 13.0 Å². The van der Waals surface area contributed by atoms with Gasteiger partial charge < -0.3 is 10.2 Å². The zero-order valence-electron chi connectivity index (χ0n) is 6.63. The quantitative estimate of drug-likeness (QED) is 0.749. The molecule has 0 unspecified atom stereocenters. The van der Waals surface area contributed by atoms with Crippen LogP contribution in [0.5, 0.6) is 0 Å². The van der Waals surface area contributed by atoms with Crippen LogP contribution in [-0.4, -0.2) is 16.8 Å². The number of aliphatic hydroxyl groups excluding tert-OH is 2. The minimum atomic E-state index is -0.00744. The summed E-state index contributed by atoms with van der Waals surface area (Å²) < 4.78 is 0. The summed E-state index contributed by atoms with van der Waals surface area (Å²) in [5.74, 6) is 0. The first-order valence-corrected chi connectivity index (χ1v) is 4.14. The van der Waals surface area contributed by atoms with Crippen LogP contribution in [0, 0.1) is 0 Å². The van der Waals surface area contributed by atoms with E-state index in [2.05, 4.69) is 0 Å². The molecule has 0 radical (unpaired) electrons. The molecule has 0 spiro atoms. The molecule has 1 aromatic rings. The Kier molecular flexibility index (Phi) is 3.53. The van der Waals surface area contributed by atoms with Crippen molar-refractivity contribution in [1.29, 1.82) is 0 Å². The summed E-state index contributed by atoms with van der Waals surface area (Å²) in [5, 5.41) is 18.3. The first-order valence-electron chi connectivity index (χ1n) is 3.77. The predicted molar refractivity (Wildman–Crippen MR) is 48.2 cm³/mol. The lowest BCUT2D eigenvalue weighted by Gasteiger charge is -2.05. The van der Waals surface area contributed by atoms with Gasteiger partial charge in [0.05, 0.1) is 6.61 Å². The number of rotatable bonds is 3. The van der Waals surface area contributed by atoms with Gasteiger partial charge in [-0.05, 0) is 29.7 Å². The van der Waals surface area contributed by atoms with Crippen LogP contribution in [0.2, 0.25) is 5.02 Å². The Bertz CT molecular complexity index is 261. The first-order chi connectivity index (χ1) is 5.77. The molecule has 0 saturated carbocycles. The molecule has 0 aromatic heterocycles. The van der Waals surface area contributed by atoms with Crippen molar-refractivity contribution < 1.29 is 10.2 Å². The molecule has 2 N–H and O–H groups in total. The highest BCUT2D eigenvalue weighted by atomic mass is 35.5. The van der Waals surface area contributed by atoms with Gasteiger partial charge in [0.25, 0.3) is 0 Å². The lowest BCUT2D eigenvalue weighted by molar-refractivity contribution is 0.276. The molecule has 0 heterocycles. The second kappa shape index (κ2) is 4.45. The molecule has 12 heavy (non-hydrogen) atoms. The summed E-state index contributed by atoms with van der Waals surface area (Å²) in [6.45, 7) is 0.0693. The highest BCUT2D eigenvalue weighted by Crippen LogP contribution is 2.16. The minimum absolute atomic E-state index is 0.00744. The fourth-order valence-corrected chi connectivity index (χ4v) is 1.30. The molecule has 3 heteroatoms. The number of benzene rings is 1. The Labute approximate surface area is 76.4 Å². The Balaban J connectivity index is 2.95. The maximum Gasteiger partial charge on any atom is 0.0684 e. The van der Waals surface area contributed by atoms with Gasteiger partial charge in [-0.15, -0.1) is 0 Å². The molecule has 0 bridgehead atoms. The SMILES string of the molecule is OCCc1cc(Cl)ccc1CO. The van der Waals surface area contributed by atoms with Gasteiger partial charge in [-0.1, -0.05) is 17.7 Å². The zero-order chi connectivity index (χ0) is 8.97. The van der Waals surface area contributed by atoms with Crippen molar-refractivity contribution in [3.05, 3.63) is 34.3 Å². The lowest BCUT2D eigenvalue weighted by atomic mass is 10.1. The van der Waals surface area contributed by atoms with Gasteiger partial charge in [0.1, 0.15) is 0 Å².